The first-order valence-corrected chi connectivity index (χ1v) is 13.2. The molecule has 0 radical (unpaired) electrons. The van der Waals surface area contributed by atoms with Gasteiger partial charge in [-0.25, -0.2) is 0 Å². The Hall–Kier alpha value is -4.03. The third-order valence-corrected chi connectivity index (χ3v) is 8.71. The lowest BCUT2D eigenvalue weighted by molar-refractivity contribution is -0.144. The van der Waals surface area contributed by atoms with Crippen LogP contribution >= 0.6 is 11.6 Å². The maximum atomic E-state index is 13.6. The second-order valence-corrected chi connectivity index (χ2v) is 10.9. The van der Waals surface area contributed by atoms with Crippen molar-refractivity contribution in [1.82, 2.24) is 4.90 Å². The molecule has 1 heterocycles. The highest BCUT2D eigenvalue weighted by Crippen LogP contribution is 2.54. The lowest BCUT2D eigenvalue weighted by Crippen LogP contribution is -2.38. The summed E-state index contributed by atoms with van der Waals surface area (Å²) in [5, 5.41) is 3.41. The molecule has 3 amide bonds. The molecule has 5 atom stereocenters. The van der Waals surface area contributed by atoms with Crippen LogP contribution in [-0.4, -0.2) is 28.4 Å². The summed E-state index contributed by atoms with van der Waals surface area (Å²) in [5.74, 6) is -1.37. The molecule has 4 aliphatic rings. The van der Waals surface area contributed by atoms with Crippen LogP contribution in [0.1, 0.15) is 40.4 Å². The van der Waals surface area contributed by atoms with Gasteiger partial charge in [-0.3, -0.25) is 24.1 Å². The van der Waals surface area contributed by atoms with E-state index in [-0.39, 0.29) is 53.6 Å². The third kappa shape index (κ3) is 3.40. The van der Waals surface area contributed by atoms with E-state index in [9.17, 15) is 19.2 Å². The number of halogens is 1. The monoisotopic (exact) mass is 522 g/mol. The van der Waals surface area contributed by atoms with Gasteiger partial charge in [-0.05, 0) is 59.2 Å². The number of ketones is 1. The number of allylic oxidation sites excluding steroid dienone is 2. The fourth-order valence-electron chi connectivity index (χ4n) is 6.77. The normalized spacial score (nSPS) is 25.0. The van der Waals surface area contributed by atoms with E-state index in [0.717, 1.165) is 17.5 Å². The van der Waals surface area contributed by atoms with Crippen LogP contribution in [0.4, 0.5) is 5.69 Å². The highest BCUT2D eigenvalue weighted by molar-refractivity contribution is 6.30. The number of imide groups is 1. The second kappa shape index (κ2) is 8.50. The van der Waals surface area contributed by atoms with Crippen molar-refractivity contribution >= 4 is 40.8 Å². The number of hydrogen-bond acceptors (Lipinski definition) is 4. The Kier molecular flexibility index (Phi) is 5.17. The summed E-state index contributed by atoms with van der Waals surface area (Å²) in [5.41, 5.74) is 4.07. The van der Waals surface area contributed by atoms with Gasteiger partial charge in [0.1, 0.15) is 0 Å². The number of amides is 3. The molecule has 1 aliphatic heterocycles. The molecule has 7 heteroatoms. The average Bonchev–Trinajstić information content (AvgIpc) is 3.66. The maximum absolute atomic E-state index is 13.6. The van der Waals surface area contributed by atoms with Gasteiger partial charge in [-0.15, -0.1) is 0 Å². The minimum atomic E-state index is -0.752. The summed E-state index contributed by atoms with van der Waals surface area (Å²) in [4.78, 5) is 54.7. The molecule has 1 N–H and O–H groups in total. The first kappa shape index (κ1) is 23.1. The molecule has 1 saturated carbocycles. The van der Waals surface area contributed by atoms with E-state index >= 15 is 0 Å². The predicted molar refractivity (Wildman–Crippen MR) is 142 cm³/mol. The molecular weight excluding hydrogens is 500 g/mol. The van der Waals surface area contributed by atoms with Gasteiger partial charge in [0.25, 0.3) is 0 Å². The maximum Gasteiger partial charge on any atom is 0.234 e. The summed E-state index contributed by atoms with van der Waals surface area (Å²) in [6.07, 6.45) is 4.84. The highest BCUT2D eigenvalue weighted by Gasteiger charge is 2.60. The minimum Gasteiger partial charge on any atom is -0.326 e. The molecule has 1 saturated heterocycles. The van der Waals surface area contributed by atoms with Gasteiger partial charge in [0.2, 0.25) is 17.7 Å². The number of likely N-dealkylation sites (tertiary alicyclic amines) is 1. The molecule has 6 nitrogen and oxygen atoms in total. The molecular formula is C31H23ClN2O4. The molecule has 3 aromatic carbocycles. The predicted octanol–water partition coefficient (Wildman–Crippen LogP) is 5.43. The van der Waals surface area contributed by atoms with Crippen LogP contribution in [0.2, 0.25) is 5.02 Å². The fourth-order valence-corrected chi connectivity index (χ4v) is 6.90. The molecule has 7 rings (SSSR count). The van der Waals surface area contributed by atoms with Crippen LogP contribution in [0.25, 0.3) is 11.1 Å². The molecule has 5 unspecified atom stereocenters. The number of anilines is 1. The second-order valence-electron chi connectivity index (χ2n) is 10.5. The van der Waals surface area contributed by atoms with Crippen molar-refractivity contribution in [3.63, 3.8) is 0 Å². The zero-order valence-electron chi connectivity index (χ0n) is 20.3. The largest absolute Gasteiger partial charge is 0.326 e. The first-order chi connectivity index (χ1) is 18.4. The Labute approximate surface area is 224 Å². The van der Waals surface area contributed by atoms with Crippen LogP contribution in [0.3, 0.4) is 0 Å². The zero-order valence-corrected chi connectivity index (χ0v) is 21.0. The summed E-state index contributed by atoms with van der Waals surface area (Å²) in [6.45, 7) is 0. The van der Waals surface area contributed by atoms with Gasteiger partial charge >= 0.3 is 0 Å². The van der Waals surface area contributed by atoms with E-state index < -0.39 is 6.04 Å². The summed E-state index contributed by atoms with van der Waals surface area (Å²) >= 11 is 6.10. The van der Waals surface area contributed by atoms with Gasteiger partial charge in [0, 0.05) is 21.8 Å². The summed E-state index contributed by atoms with van der Waals surface area (Å²) in [6, 6.07) is 18.9. The van der Waals surface area contributed by atoms with E-state index in [1.165, 1.54) is 4.90 Å². The van der Waals surface area contributed by atoms with Gasteiger partial charge in [0.15, 0.2) is 5.78 Å². The van der Waals surface area contributed by atoms with E-state index in [2.05, 4.69) is 17.5 Å². The summed E-state index contributed by atoms with van der Waals surface area (Å²) < 4.78 is 0. The molecule has 0 spiro atoms. The smallest absolute Gasteiger partial charge is 0.234 e. The number of carbonyl (C=O) groups excluding carboxylic acids is 4. The van der Waals surface area contributed by atoms with Crippen LogP contribution in [0.15, 0.2) is 78.9 Å². The number of fused-ring (bicyclic) bond motifs is 8. The molecule has 188 valence electrons. The molecule has 0 aromatic heterocycles. The number of nitrogens with one attached hydrogen (secondary N) is 1. The van der Waals surface area contributed by atoms with Gasteiger partial charge in [0.05, 0.1) is 24.3 Å². The number of nitrogens with zero attached hydrogens (tertiary/aromatic N) is 1. The quantitative estimate of drug-likeness (QED) is 0.280. The lowest BCUT2D eigenvalue weighted by Gasteiger charge is -2.28. The molecule has 3 aromatic rings. The Morgan fingerprint density at radius 1 is 0.842 bits per heavy atom. The van der Waals surface area contributed by atoms with Crippen LogP contribution in [-0.2, 0) is 14.4 Å². The van der Waals surface area contributed by atoms with Crippen molar-refractivity contribution in [2.75, 3.05) is 5.32 Å². The van der Waals surface area contributed by atoms with Gasteiger partial charge in [-0.2, -0.15) is 0 Å². The topological polar surface area (TPSA) is 83.6 Å². The van der Waals surface area contributed by atoms with Crippen molar-refractivity contribution in [2.45, 2.75) is 18.9 Å². The standard InChI is InChI=1S/C31H23ClN2O4/c32-19-9-7-16(8-10-19)25(34-30(37)27-17-5-6-18(13-17)28(27)31(34)38)15-26(35)33-20-11-12-22-21-3-1-2-4-23(21)29(36)24(22)14-20/h1-12,14,17-18,25,27-28H,13,15H2,(H,33,35). The molecule has 2 fully saturated rings. The third-order valence-electron chi connectivity index (χ3n) is 8.46. The first-order valence-electron chi connectivity index (χ1n) is 12.8. The van der Waals surface area contributed by atoms with Crippen molar-refractivity contribution in [3.8, 4) is 11.1 Å². The Morgan fingerprint density at radius 2 is 1.47 bits per heavy atom. The van der Waals surface area contributed by atoms with Crippen molar-refractivity contribution in [2.24, 2.45) is 23.7 Å². The number of rotatable bonds is 5. The fraction of sp³-hybridized carbons (Fsp3) is 0.226. The van der Waals surface area contributed by atoms with Crippen molar-refractivity contribution < 1.29 is 19.2 Å². The van der Waals surface area contributed by atoms with Gasteiger partial charge < -0.3 is 5.32 Å². The highest BCUT2D eigenvalue weighted by atomic mass is 35.5. The Bertz CT molecular complexity index is 1550. The van der Waals surface area contributed by atoms with E-state index in [0.29, 0.717) is 27.4 Å². The minimum absolute atomic E-state index is 0.0752. The summed E-state index contributed by atoms with van der Waals surface area (Å²) in [7, 11) is 0. The van der Waals surface area contributed by atoms with Crippen molar-refractivity contribution in [1.29, 1.82) is 0 Å². The Balaban J connectivity index is 1.16. The molecule has 3 aliphatic carbocycles. The molecule has 2 bridgehead atoms. The number of benzene rings is 3. The van der Waals surface area contributed by atoms with E-state index in [4.69, 9.17) is 11.6 Å². The van der Waals surface area contributed by atoms with E-state index in [1.54, 1.807) is 42.5 Å². The average molecular weight is 523 g/mol. The zero-order chi connectivity index (χ0) is 26.1. The Morgan fingerprint density at radius 3 is 2.16 bits per heavy atom. The molecule has 38 heavy (non-hydrogen) atoms. The van der Waals surface area contributed by atoms with E-state index in [1.807, 2.05) is 24.3 Å². The number of carbonyl (C=O) groups is 4. The van der Waals surface area contributed by atoms with Crippen LogP contribution in [0, 0.1) is 23.7 Å². The van der Waals surface area contributed by atoms with Gasteiger partial charge in [-0.1, -0.05) is 66.2 Å². The van der Waals surface area contributed by atoms with Crippen LogP contribution in [0.5, 0.6) is 0 Å². The lowest BCUT2D eigenvalue weighted by atomic mass is 9.85. The SMILES string of the molecule is O=C(CC(c1ccc(Cl)cc1)N1C(=O)C2C3C=CC(C3)C2C1=O)Nc1ccc2c(c1)C(=O)c1ccccc1-2. The van der Waals surface area contributed by atoms with Crippen molar-refractivity contribution in [3.05, 3.63) is 101 Å². The van der Waals surface area contributed by atoms with Crippen LogP contribution < -0.4 is 5.32 Å². The number of hydrogen-bond donors (Lipinski definition) is 1.